The van der Waals surface area contributed by atoms with Gasteiger partial charge < -0.3 is 5.32 Å². The van der Waals surface area contributed by atoms with Crippen LogP contribution in [0.5, 0.6) is 0 Å². The molecule has 84 valence electrons. The second kappa shape index (κ2) is 5.14. The van der Waals surface area contributed by atoms with E-state index in [9.17, 15) is 0 Å². The molecule has 0 aliphatic heterocycles. The Morgan fingerprint density at radius 3 is 2.88 bits per heavy atom. The maximum absolute atomic E-state index is 4.47. The van der Waals surface area contributed by atoms with Crippen LogP contribution in [0.25, 0.3) is 0 Å². The van der Waals surface area contributed by atoms with Crippen molar-refractivity contribution in [3.8, 4) is 0 Å². The minimum atomic E-state index is 0.251. The molecule has 0 saturated carbocycles. The third-order valence-corrected chi connectivity index (χ3v) is 3.39. The summed E-state index contributed by atoms with van der Waals surface area (Å²) in [5.74, 6) is 0. The zero-order chi connectivity index (χ0) is 11.4. The Balaban J connectivity index is 2.12. The van der Waals surface area contributed by atoms with E-state index in [0.717, 1.165) is 22.7 Å². The highest BCUT2D eigenvalue weighted by Crippen LogP contribution is 2.19. The van der Waals surface area contributed by atoms with Crippen molar-refractivity contribution < 1.29 is 0 Å². The lowest BCUT2D eigenvalue weighted by Crippen LogP contribution is -2.19. The van der Waals surface area contributed by atoms with Gasteiger partial charge in [0.2, 0.25) is 0 Å². The molecule has 2 heterocycles. The largest absolute Gasteiger partial charge is 0.313 e. The summed E-state index contributed by atoms with van der Waals surface area (Å²) in [6.45, 7) is 2.02. The molecule has 4 nitrogen and oxygen atoms in total. The van der Waals surface area contributed by atoms with Crippen molar-refractivity contribution in [2.45, 2.75) is 19.4 Å². The molecule has 0 aliphatic rings. The van der Waals surface area contributed by atoms with E-state index < -0.39 is 0 Å². The molecule has 2 aromatic rings. The summed E-state index contributed by atoms with van der Waals surface area (Å²) in [4.78, 5) is 4.47. The highest BCUT2D eigenvalue weighted by atomic mass is 32.1. The normalized spacial score (nSPS) is 12.6. The number of hydrogen-bond acceptors (Lipinski definition) is 5. The van der Waals surface area contributed by atoms with Crippen LogP contribution in [0.2, 0.25) is 0 Å². The summed E-state index contributed by atoms with van der Waals surface area (Å²) in [6, 6.07) is 2.23. The quantitative estimate of drug-likeness (QED) is 0.875. The van der Waals surface area contributed by atoms with Crippen LogP contribution in [0.4, 0.5) is 0 Å². The maximum atomic E-state index is 4.47. The van der Waals surface area contributed by atoms with Gasteiger partial charge in [0.25, 0.3) is 0 Å². The predicted molar refractivity (Wildman–Crippen MR) is 64.4 cm³/mol. The second-order valence-corrected chi connectivity index (χ2v) is 4.55. The van der Waals surface area contributed by atoms with Gasteiger partial charge in [-0.3, -0.25) is 0 Å². The highest BCUT2D eigenvalue weighted by molar-refractivity contribution is 7.09. The predicted octanol–water partition coefficient (Wildman–Crippen LogP) is 1.74. The lowest BCUT2D eigenvalue weighted by molar-refractivity contribution is 0.586. The second-order valence-electron chi connectivity index (χ2n) is 3.60. The van der Waals surface area contributed by atoms with Gasteiger partial charge in [-0.05, 0) is 25.6 Å². The van der Waals surface area contributed by atoms with E-state index in [2.05, 4.69) is 25.9 Å². The van der Waals surface area contributed by atoms with Crippen molar-refractivity contribution in [3.05, 3.63) is 40.1 Å². The topological polar surface area (TPSA) is 50.7 Å². The molecule has 2 aromatic heterocycles. The molecule has 0 aromatic carbocycles. The van der Waals surface area contributed by atoms with Gasteiger partial charge in [0.1, 0.15) is 0 Å². The van der Waals surface area contributed by atoms with Crippen LogP contribution < -0.4 is 5.32 Å². The molecule has 0 amide bonds. The summed E-state index contributed by atoms with van der Waals surface area (Å²) in [5, 5.41) is 14.2. The summed E-state index contributed by atoms with van der Waals surface area (Å²) in [5.41, 5.74) is 2.23. The Bertz CT molecular complexity index is 440. The molecular weight excluding hydrogens is 220 g/mol. The van der Waals surface area contributed by atoms with E-state index in [1.54, 1.807) is 23.7 Å². The Kier molecular flexibility index (Phi) is 3.58. The van der Waals surface area contributed by atoms with Crippen LogP contribution in [0.3, 0.4) is 0 Å². The van der Waals surface area contributed by atoms with Gasteiger partial charge in [-0.15, -0.1) is 11.3 Å². The molecule has 1 N–H and O–H groups in total. The van der Waals surface area contributed by atoms with Crippen LogP contribution in [0.15, 0.2) is 23.8 Å². The average Bonchev–Trinajstić information content (AvgIpc) is 2.73. The van der Waals surface area contributed by atoms with E-state index in [0.29, 0.717) is 0 Å². The van der Waals surface area contributed by atoms with Crippen molar-refractivity contribution in [1.82, 2.24) is 20.5 Å². The van der Waals surface area contributed by atoms with Gasteiger partial charge in [0, 0.05) is 29.7 Å². The van der Waals surface area contributed by atoms with E-state index in [4.69, 9.17) is 0 Å². The number of hydrogen-bond donors (Lipinski definition) is 1. The fourth-order valence-electron chi connectivity index (χ4n) is 1.56. The Labute approximate surface area is 98.8 Å². The maximum Gasteiger partial charge on any atom is 0.0947 e. The Morgan fingerprint density at radius 1 is 1.44 bits per heavy atom. The van der Waals surface area contributed by atoms with Crippen molar-refractivity contribution in [2.24, 2.45) is 0 Å². The van der Waals surface area contributed by atoms with Crippen LogP contribution in [0, 0.1) is 6.92 Å². The minimum absolute atomic E-state index is 0.251. The van der Waals surface area contributed by atoms with Gasteiger partial charge in [0.05, 0.1) is 11.2 Å². The summed E-state index contributed by atoms with van der Waals surface area (Å²) < 4.78 is 0. The third kappa shape index (κ3) is 2.62. The third-order valence-electron chi connectivity index (χ3n) is 2.40. The van der Waals surface area contributed by atoms with Crippen molar-refractivity contribution in [1.29, 1.82) is 0 Å². The molecule has 2 rings (SSSR count). The number of nitrogens with zero attached hydrogens (tertiary/aromatic N) is 3. The van der Waals surface area contributed by atoms with Crippen molar-refractivity contribution in [3.63, 3.8) is 0 Å². The van der Waals surface area contributed by atoms with Gasteiger partial charge in [-0.1, -0.05) is 0 Å². The molecule has 1 unspecified atom stereocenters. The van der Waals surface area contributed by atoms with E-state index >= 15 is 0 Å². The van der Waals surface area contributed by atoms with Crippen LogP contribution in [-0.4, -0.2) is 22.2 Å². The molecule has 0 saturated heterocycles. The number of aryl methyl sites for hydroxylation is 1. The minimum Gasteiger partial charge on any atom is -0.313 e. The molecule has 0 aliphatic carbocycles. The first-order chi connectivity index (χ1) is 7.79. The first-order valence-corrected chi connectivity index (χ1v) is 6.02. The number of nitrogens with one attached hydrogen (secondary N) is 1. The SMILES string of the molecule is CNC(Cc1nc(C)cs1)c1ccnnc1. The van der Waals surface area contributed by atoms with Gasteiger partial charge in [-0.2, -0.15) is 10.2 Å². The zero-order valence-electron chi connectivity index (χ0n) is 9.34. The molecule has 5 heteroatoms. The van der Waals surface area contributed by atoms with Crippen LogP contribution in [0.1, 0.15) is 22.3 Å². The Morgan fingerprint density at radius 2 is 2.31 bits per heavy atom. The fourth-order valence-corrected chi connectivity index (χ4v) is 2.38. The molecule has 1 atom stereocenters. The smallest absolute Gasteiger partial charge is 0.0947 e. The first-order valence-electron chi connectivity index (χ1n) is 5.14. The standard InChI is InChI=1S/C11H14N4S/c1-8-7-16-11(15-8)5-10(12-2)9-3-4-13-14-6-9/h3-4,6-7,10,12H,5H2,1-2H3. The average molecular weight is 234 g/mol. The monoisotopic (exact) mass is 234 g/mol. The van der Waals surface area contributed by atoms with Gasteiger partial charge in [-0.25, -0.2) is 4.98 Å². The lowest BCUT2D eigenvalue weighted by Gasteiger charge is -2.13. The van der Waals surface area contributed by atoms with E-state index in [-0.39, 0.29) is 6.04 Å². The van der Waals surface area contributed by atoms with Gasteiger partial charge >= 0.3 is 0 Å². The molecule has 0 fully saturated rings. The number of likely N-dealkylation sites (N-methyl/N-ethyl adjacent to an activating group) is 1. The van der Waals surface area contributed by atoms with E-state index in [1.807, 2.05) is 20.0 Å². The number of rotatable bonds is 4. The van der Waals surface area contributed by atoms with E-state index in [1.165, 1.54) is 0 Å². The zero-order valence-corrected chi connectivity index (χ0v) is 10.2. The lowest BCUT2D eigenvalue weighted by atomic mass is 10.1. The molecular formula is C11H14N4S. The summed E-state index contributed by atoms with van der Waals surface area (Å²) in [7, 11) is 1.95. The van der Waals surface area contributed by atoms with Crippen molar-refractivity contribution in [2.75, 3.05) is 7.05 Å². The molecule has 0 spiro atoms. The fraction of sp³-hybridized carbons (Fsp3) is 0.364. The van der Waals surface area contributed by atoms with Gasteiger partial charge in [0.15, 0.2) is 0 Å². The molecule has 16 heavy (non-hydrogen) atoms. The molecule has 0 radical (unpaired) electrons. The summed E-state index contributed by atoms with van der Waals surface area (Å²) >= 11 is 1.70. The number of aromatic nitrogens is 3. The first kappa shape index (κ1) is 11.2. The van der Waals surface area contributed by atoms with Crippen molar-refractivity contribution >= 4 is 11.3 Å². The number of thiazole rings is 1. The van der Waals surface area contributed by atoms with Crippen LogP contribution >= 0.6 is 11.3 Å². The summed E-state index contributed by atoms with van der Waals surface area (Å²) in [6.07, 6.45) is 4.40. The Hall–Kier alpha value is -1.33. The molecule has 0 bridgehead atoms. The highest BCUT2D eigenvalue weighted by Gasteiger charge is 2.12. The van der Waals surface area contributed by atoms with Crippen LogP contribution in [-0.2, 0) is 6.42 Å².